The minimum atomic E-state index is -0.322. The van der Waals surface area contributed by atoms with Crippen LogP contribution in [0.1, 0.15) is 11.7 Å². The van der Waals surface area contributed by atoms with Gasteiger partial charge in [-0.25, -0.2) is 4.98 Å². The number of hydrogen-bond acceptors (Lipinski definition) is 8. The lowest BCUT2D eigenvalue weighted by atomic mass is 10.2. The van der Waals surface area contributed by atoms with Gasteiger partial charge in [0.2, 0.25) is 11.8 Å². The number of fused-ring (bicyclic) bond motifs is 1. The number of amides is 1. The van der Waals surface area contributed by atoms with E-state index in [2.05, 4.69) is 25.5 Å². The fourth-order valence-corrected chi connectivity index (χ4v) is 2.84. The molecule has 0 fully saturated rings. The van der Waals surface area contributed by atoms with E-state index in [4.69, 9.17) is 9.26 Å². The molecule has 11 nitrogen and oxygen atoms in total. The van der Waals surface area contributed by atoms with Crippen molar-refractivity contribution in [1.82, 2.24) is 29.5 Å². The van der Waals surface area contributed by atoms with Gasteiger partial charge in [-0.2, -0.15) is 10.1 Å². The number of nitrogens with zero attached hydrogens (tertiary/aromatic N) is 6. The Morgan fingerprint density at radius 2 is 2.14 bits per heavy atom. The smallest absolute Gasteiger partial charge is 0.264 e. The van der Waals surface area contributed by atoms with Gasteiger partial charge >= 0.3 is 0 Å². The molecule has 4 rings (SSSR count). The molecule has 0 spiro atoms. The van der Waals surface area contributed by atoms with Crippen molar-refractivity contribution in [2.45, 2.75) is 13.0 Å². The van der Waals surface area contributed by atoms with Gasteiger partial charge in [0.25, 0.3) is 5.56 Å². The molecule has 0 atom stereocenters. The highest BCUT2D eigenvalue weighted by Crippen LogP contribution is 2.23. The summed E-state index contributed by atoms with van der Waals surface area (Å²) >= 11 is 0. The minimum absolute atomic E-state index is 0.0395. The van der Waals surface area contributed by atoms with E-state index in [0.29, 0.717) is 22.5 Å². The standard InChI is InChI=1S/C18H17N7O4/c1-24-17-11(8-20-24)18(27)25(10-19-17)9-16-22-14(23-29-16)7-15(26)21-12-5-3-4-6-13(12)28-2/h3-6,8,10H,7,9H2,1-2H3,(H,21,26). The van der Waals surface area contributed by atoms with E-state index in [1.54, 1.807) is 31.3 Å². The highest BCUT2D eigenvalue weighted by Gasteiger charge is 2.15. The van der Waals surface area contributed by atoms with Gasteiger partial charge in [0, 0.05) is 7.05 Å². The van der Waals surface area contributed by atoms with Crippen LogP contribution in [0.25, 0.3) is 11.0 Å². The van der Waals surface area contributed by atoms with Crippen molar-refractivity contribution < 1.29 is 14.1 Å². The van der Waals surface area contributed by atoms with Crippen LogP contribution < -0.4 is 15.6 Å². The largest absolute Gasteiger partial charge is 0.495 e. The number of benzene rings is 1. The number of para-hydroxylation sites is 2. The molecule has 0 aliphatic carbocycles. The summed E-state index contributed by atoms with van der Waals surface area (Å²) in [5, 5.41) is 11.0. The van der Waals surface area contributed by atoms with Crippen molar-refractivity contribution in [3.8, 4) is 5.75 Å². The van der Waals surface area contributed by atoms with E-state index in [9.17, 15) is 9.59 Å². The van der Waals surface area contributed by atoms with Crippen molar-refractivity contribution in [2.75, 3.05) is 12.4 Å². The number of carbonyl (C=O) groups is 1. The van der Waals surface area contributed by atoms with Gasteiger partial charge in [-0.15, -0.1) is 0 Å². The molecule has 148 valence electrons. The first-order valence-electron chi connectivity index (χ1n) is 8.66. The molecular formula is C18H17N7O4. The van der Waals surface area contributed by atoms with Crippen LogP contribution >= 0.6 is 0 Å². The fourth-order valence-electron chi connectivity index (χ4n) is 2.84. The lowest BCUT2D eigenvalue weighted by Gasteiger charge is -2.08. The Morgan fingerprint density at radius 3 is 2.97 bits per heavy atom. The molecule has 0 saturated heterocycles. The maximum atomic E-state index is 12.5. The molecule has 3 aromatic heterocycles. The Bertz CT molecular complexity index is 1240. The number of anilines is 1. The zero-order valence-electron chi connectivity index (χ0n) is 15.7. The summed E-state index contributed by atoms with van der Waals surface area (Å²) in [6, 6.07) is 7.06. The van der Waals surface area contributed by atoms with Crippen LogP contribution in [-0.4, -0.2) is 42.5 Å². The maximum absolute atomic E-state index is 12.5. The number of methoxy groups -OCH3 is 1. The average Bonchev–Trinajstić information content (AvgIpc) is 3.31. The van der Waals surface area contributed by atoms with Crippen molar-refractivity contribution in [2.24, 2.45) is 7.05 Å². The molecule has 1 aromatic carbocycles. The molecule has 3 heterocycles. The summed E-state index contributed by atoms with van der Waals surface area (Å²) in [6.45, 7) is 0.0395. The molecule has 0 radical (unpaired) electrons. The van der Waals surface area contributed by atoms with Crippen LogP contribution in [-0.2, 0) is 24.8 Å². The van der Waals surface area contributed by atoms with Crippen molar-refractivity contribution >= 4 is 22.6 Å². The van der Waals surface area contributed by atoms with Crippen LogP contribution in [0, 0.1) is 0 Å². The van der Waals surface area contributed by atoms with Gasteiger partial charge in [-0.1, -0.05) is 17.3 Å². The normalized spacial score (nSPS) is 11.0. The predicted octanol–water partition coefficient (Wildman–Crippen LogP) is 0.751. The molecule has 0 unspecified atom stereocenters. The summed E-state index contributed by atoms with van der Waals surface area (Å²) in [5.74, 6) is 0.623. The Labute approximate surface area is 163 Å². The Balaban J connectivity index is 1.45. The second kappa shape index (κ2) is 7.54. The predicted molar refractivity (Wildman–Crippen MR) is 101 cm³/mol. The minimum Gasteiger partial charge on any atom is -0.495 e. The topological polar surface area (TPSA) is 130 Å². The van der Waals surface area contributed by atoms with Crippen LogP contribution in [0.15, 0.2) is 46.1 Å². The molecule has 1 amide bonds. The molecule has 1 N–H and O–H groups in total. The van der Waals surface area contributed by atoms with Crippen molar-refractivity contribution in [3.05, 3.63) is 58.9 Å². The summed E-state index contributed by atoms with van der Waals surface area (Å²) < 4.78 is 13.2. The first kappa shape index (κ1) is 18.3. The van der Waals surface area contributed by atoms with E-state index >= 15 is 0 Å². The van der Waals surface area contributed by atoms with Crippen LogP contribution in [0.5, 0.6) is 5.75 Å². The van der Waals surface area contributed by atoms with E-state index in [0.717, 1.165) is 0 Å². The molecule has 0 aliphatic heterocycles. The Hall–Kier alpha value is -4.02. The quantitative estimate of drug-likeness (QED) is 0.506. The van der Waals surface area contributed by atoms with E-state index < -0.39 is 0 Å². The zero-order chi connectivity index (χ0) is 20.4. The van der Waals surface area contributed by atoms with Gasteiger partial charge in [0.15, 0.2) is 11.5 Å². The fraction of sp³-hybridized carbons (Fsp3) is 0.222. The van der Waals surface area contributed by atoms with Gasteiger partial charge in [-0.05, 0) is 12.1 Å². The highest BCUT2D eigenvalue weighted by molar-refractivity contribution is 5.93. The lowest BCUT2D eigenvalue weighted by Crippen LogP contribution is -2.21. The van der Waals surface area contributed by atoms with E-state index in [-0.39, 0.29) is 36.1 Å². The number of hydrogen-bond donors (Lipinski definition) is 1. The monoisotopic (exact) mass is 395 g/mol. The second-order valence-electron chi connectivity index (χ2n) is 6.21. The van der Waals surface area contributed by atoms with Crippen LogP contribution in [0.2, 0.25) is 0 Å². The third-order valence-electron chi connectivity index (χ3n) is 4.23. The van der Waals surface area contributed by atoms with Crippen LogP contribution in [0.4, 0.5) is 5.69 Å². The number of carbonyl (C=O) groups excluding carboxylic acids is 1. The molecule has 0 saturated carbocycles. The van der Waals surface area contributed by atoms with Gasteiger partial charge < -0.3 is 14.6 Å². The summed E-state index contributed by atoms with van der Waals surface area (Å²) in [4.78, 5) is 33.1. The molecule has 0 bridgehead atoms. The lowest BCUT2D eigenvalue weighted by molar-refractivity contribution is -0.115. The first-order valence-corrected chi connectivity index (χ1v) is 8.66. The summed E-state index contributed by atoms with van der Waals surface area (Å²) in [7, 11) is 3.23. The number of nitrogens with one attached hydrogen (secondary N) is 1. The van der Waals surface area contributed by atoms with E-state index in [1.807, 2.05) is 0 Å². The third-order valence-corrected chi connectivity index (χ3v) is 4.23. The van der Waals surface area contributed by atoms with Crippen molar-refractivity contribution in [1.29, 1.82) is 0 Å². The third kappa shape index (κ3) is 3.70. The number of aromatic nitrogens is 6. The summed E-state index contributed by atoms with van der Waals surface area (Å²) in [5.41, 5.74) is 0.772. The van der Waals surface area contributed by atoms with Crippen LogP contribution in [0.3, 0.4) is 0 Å². The van der Waals surface area contributed by atoms with Gasteiger partial charge in [-0.3, -0.25) is 18.8 Å². The number of ether oxygens (including phenoxy) is 1. The number of rotatable bonds is 6. The highest BCUT2D eigenvalue weighted by atomic mass is 16.5. The first-order chi connectivity index (χ1) is 14.0. The van der Waals surface area contributed by atoms with Gasteiger partial charge in [0.1, 0.15) is 24.0 Å². The van der Waals surface area contributed by atoms with E-state index in [1.165, 1.54) is 28.9 Å². The molecule has 11 heteroatoms. The molecular weight excluding hydrogens is 378 g/mol. The molecule has 29 heavy (non-hydrogen) atoms. The number of aryl methyl sites for hydroxylation is 1. The Morgan fingerprint density at radius 1 is 1.31 bits per heavy atom. The van der Waals surface area contributed by atoms with Gasteiger partial charge in [0.05, 0.1) is 25.4 Å². The zero-order valence-corrected chi connectivity index (χ0v) is 15.7. The van der Waals surface area contributed by atoms with Crippen molar-refractivity contribution in [3.63, 3.8) is 0 Å². The SMILES string of the molecule is COc1ccccc1NC(=O)Cc1noc(Cn2cnc3c(cnn3C)c2=O)n1. The Kier molecular flexibility index (Phi) is 4.77. The second-order valence-corrected chi connectivity index (χ2v) is 6.21. The maximum Gasteiger partial charge on any atom is 0.264 e. The molecule has 4 aromatic rings. The average molecular weight is 395 g/mol. The summed E-state index contributed by atoms with van der Waals surface area (Å²) in [6.07, 6.45) is 2.77. The molecule has 0 aliphatic rings.